The minimum Gasteiger partial charge on any atom is -0.314 e. The van der Waals surface area contributed by atoms with Gasteiger partial charge in [0, 0.05) is 18.0 Å². The average molecular weight is 230 g/mol. The van der Waals surface area contributed by atoms with Crippen LogP contribution in [0.4, 0.5) is 0 Å². The quantitative estimate of drug-likeness (QED) is 0.828. The molecule has 92 valence electrons. The van der Waals surface area contributed by atoms with Gasteiger partial charge in [0.2, 0.25) is 0 Å². The second-order valence-corrected chi connectivity index (χ2v) is 5.56. The van der Waals surface area contributed by atoms with Crippen LogP contribution in [0.1, 0.15) is 31.2 Å². The van der Waals surface area contributed by atoms with Crippen molar-refractivity contribution in [3.63, 3.8) is 0 Å². The van der Waals surface area contributed by atoms with Crippen molar-refractivity contribution in [2.45, 2.75) is 37.8 Å². The summed E-state index contributed by atoms with van der Waals surface area (Å²) in [5.74, 6) is 1.59. The minimum atomic E-state index is 0.691. The maximum atomic E-state index is 3.74. The van der Waals surface area contributed by atoms with Crippen LogP contribution in [0, 0.1) is 5.92 Å². The Hall–Kier alpha value is -0.860. The molecule has 0 amide bonds. The lowest BCUT2D eigenvalue weighted by atomic mass is 10.0. The summed E-state index contributed by atoms with van der Waals surface area (Å²) in [5, 5.41) is 7.25. The monoisotopic (exact) mass is 230 g/mol. The molecule has 1 saturated heterocycles. The van der Waals surface area contributed by atoms with Gasteiger partial charge in [0.1, 0.15) is 0 Å². The Morgan fingerprint density at radius 2 is 2.12 bits per heavy atom. The first-order valence-corrected chi connectivity index (χ1v) is 6.86. The van der Waals surface area contributed by atoms with Gasteiger partial charge >= 0.3 is 0 Å². The number of rotatable bonds is 4. The fraction of sp³-hybridized carbons (Fsp3) is 0.600. The Morgan fingerprint density at radius 3 is 2.82 bits per heavy atom. The molecule has 0 aromatic heterocycles. The van der Waals surface area contributed by atoms with E-state index in [9.17, 15) is 0 Å². The van der Waals surface area contributed by atoms with Crippen molar-refractivity contribution in [3.8, 4) is 0 Å². The first-order chi connectivity index (χ1) is 8.34. The molecular weight excluding hydrogens is 208 g/mol. The van der Waals surface area contributed by atoms with Gasteiger partial charge in [-0.25, -0.2) is 0 Å². The molecule has 1 saturated carbocycles. The predicted octanol–water partition coefficient (Wildman–Crippen LogP) is 2.13. The SMILES string of the molecule is CC1NCCC1CNC1CC1c1ccccc1. The molecule has 1 heterocycles. The first-order valence-electron chi connectivity index (χ1n) is 6.86. The lowest BCUT2D eigenvalue weighted by Gasteiger charge is -2.15. The summed E-state index contributed by atoms with van der Waals surface area (Å²) in [4.78, 5) is 0. The third kappa shape index (κ3) is 2.53. The molecule has 4 atom stereocenters. The maximum Gasteiger partial charge on any atom is 0.0143 e. The van der Waals surface area contributed by atoms with Crippen molar-refractivity contribution in [1.29, 1.82) is 0 Å². The van der Waals surface area contributed by atoms with Gasteiger partial charge in [-0.05, 0) is 44.3 Å². The molecule has 1 aromatic rings. The molecule has 0 bridgehead atoms. The van der Waals surface area contributed by atoms with Crippen molar-refractivity contribution in [3.05, 3.63) is 35.9 Å². The first kappa shape index (κ1) is 11.2. The van der Waals surface area contributed by atoms with E-state index in [0.717, 1.165) is 17.9 Å². The van der Waals surface area contributed by atoms with Crippen LogP contribution in [0.25, 0.3) is 0 Å². The van der Waals surface area contributed by atoms with Crippen LogP contribution in [-0.4, -0.2) is 25.2 Å². The van der Waals surface area contributed by atoms with E-state index >= 15 is 0 Å². The lowest BCUT2D eigenvalue weighted by molar-refractivity contribution is 0.437. The molecule has 2 heteroatoms. The highest BCUT2D eigenvalue weighted by atomic mass is 15.0. The number of nitrogens with one attached hydrogen (secondary N) is 2. The highest BCUT2D eigenvalue weighted by Gasteiger charge is 2.38. The number of hydrogen-bond acceptors (Lipinski definition) is 2. The van der Waals surface area contributed by atoms with Crippen LogP contribution in [0.5, 0.6) is 0 Å². The van der Waals surface area contributed by atoms with Gasteiger partial charge in [-0.1, -0.05) is 30.3 Å². The molecular formula is C15H22N2. The normalized spacial score (nSPS) is 36.1. The van der Waals surface area contributed by atoms with Gasteiger partial charge in [0.15, 0.2) is 0 Å². The van der Waals surface area contributed by atoms with Crippen LogP contribution in [0.2, 0.25) is 0 Å². The fourth-order valence-corrected chi connectivity index (χ4v) is 2.98. The zero-order chi connectivity index (χ0) is 11.7. The van der Waals surface area contributed by atoms with Crippen LogP contribution in [0.3, 0.4) is 0 Å². The fourth-order valence-electron chi connectivity index (χ4n) is 2.98. The summed E-state index contributed by atoms with van der Waals surface area (Å²) >= 11 is 0. The van der Waals surface area contributed by atoms with E-state index in [2.05, 4.69) is 47.9 Å². The highest BCUT2D eigenvalue weighted by molar-refractivity contribution is 5.27. The Morgan fingerprint density at radius 1 is 1.29 bits per heavy atom. The van der Waals surface area contributed by atoms with Gasteiger partial charge in [-0.3, -0.25) is 0 Å². The Labute approximate surface area is 104 Å². The van der Waals surface area contributed by atoms with Gasteiger partial charge in [-0.2, -0.15) is 0 Å². The smallest absolute Gasteiger partial charge is 0.0143 e. The topological polar surface area (TPSA) is 24.1 Å². The molecule has 2 aliphatic rings. The van der Waals surface area contributed by atoms with E-state index < -0.39 is 0 Å². The molecule has 1 aromatic carbocycles. The molecule has 17 heavy (non-hydrogen) atoms. The summed E-state index contributed by atoms with van der Waals surface area (Å²) in [6.07, 6.45) is 2.65. The van der Waals surface area contributed by atoms with E-state index in [0.29, 0.717) is 6.04 Å². The van der Waals surface area contributed by atoms with Crippen LogP contribution in [-0.2, 0) is 0 Å². The van der Waals surface area contributed by atoms with Gasteiger partial charge in [0.25, 0.3) is 0 Å². The predicted molar refractivity (Wildman–Crippen MR) is 71.2 cm³/mol. The molecule has 2 N–H and O–H groups in total. The summed E-state index contributed by atoms with van der Waals surface area (Å²) in [6, 6.07) is 12.3. The summed E-state index contributed by atoms with van der Waals surface area (Å²) < 4.78 is 0. The highest BCUT2D eigenvalue weighted by Crippen LogP contribution is 2.40. The van der Waals surface area contributed by atoms with Gasteiger partial charge < -0.3 is 10.6 Å². The molecule has 0 radical (unpaired) electrons. The summed E-state index contributed by atoms with van der Waals surface area (Å²) in [7, 11) is 0. The van der Waals surface area contributed by atoms with Crippen molar-refractivity contribution in [1.82, 2.24) is 10.6 Å². The Bertz CT molecular complexity index is 362. The molecule has 1 aliphatic heterocycles. The van der Waals surface area contributed by atoms with Crippen LogP contribution >= 0.6 is 0 Å². The third-order valence-corrected chi connectivity index (χ3v) is 4.35. The van der Waals surface area contributed by atoms with E-state index in [1.807, 2.05) is 0 Å². The van der Waals surface area contributed by atoms with Crippen molar-refractivity contribution in [2.24, 2.45) is 5.92 Å². The van der Waals surface area contributed by atoms with E-state index in [4.69, 9.17) is 0 Å². The maximum absolute atomic E-state index is 3.74. The molecule has 1 aliphatic carbocycles. The van der Waals surface area contributed by atoms with Gasteiger partial charge in [-0.15, -0.1) is 0 Å². The van der Waals surface area contributed by atoms with Crippen molar-refractivity contribution < 1.29 is 0 Å². The van der Waals surface area contributed by atoms with Gasteiger partial charge in [0.05, 0.1) is 0 Å². The Kier molecular flexibility index (Phi) is 3.17. The van der Waals surface area contributed by atoms with Crippen molar-refractivity contribution in [2.75, 3.05) is 13.1 Å². The largest absolute Gasteiger partial charge is 0.314 e. The number of hydrogen-bond donors (Lipinski definition) is 2. The molecule has 2 nitrogen and oxygen atoms in total. The van der Waals surface area contributed by atoms with Crippen LogP contribution < -0.4 is 10.6 Å². The Balaban J connectivity index is 1.47. The molecule has 3 rings (SSSR count). The van der Waals surface area contributed by atoms with Crippen molar-refractivity contribution >= 4 is 0 Å². The molecule has 0 spiro atoms. The lowest BCUT2D eigenvalue weighted by Crippen LogP contribution is -2.32. The second-order valence-electron chi connectivity index (χ2n) is 5.56. The molecule has 4 unspecified atom stereocenters. The zero-order valence-corrected chi connectivity index (χ0v) is 10.5. The van der Waals surface area contributed by atoms with E-state index in [1.165, 1.54) is 31.5 Å². The third-order valence-electron chi connectivity index (χ3n) is 4.35. The summed E-state index contributed by atoms with van der Waals surface area (Å²) in [5.41, 5.74) is 1.50. The molecule has 2 fully saturated rings. The van der Waals surface area contributed by atoms with E-state index in [-0.39, 0.29) is 0 Å². The minimum absolute atomic E-state index is 0.691. The zero-order valence-electron chi connectivity index (χ0n) is 10.5. The second kappa shape index (κ2) is 4.79. The van der Waals surface area contributed by atoms with E-state index in [1.54, 1.807) is 0 Å². The average Bonchev–Trinajstić information content (AvgIpc) is 3.04. The summed E-state index contributed by atoms with van der Waals surface area (Å²) in [6.45, 7) is 4.68. The van der Waals surface area contributed by atoms with Crippen LogP contribution in [0.15, 0.2) is 30.3 Å². The number of benzene rings is 1. The standard InChI is InChI=1S/C15H22N2/c1-11-13(7-8-16-11)10-17-15-9-14(15)12-5-3-2-4-6-12/h2-6,11,13-17H,7-10H2,1H3.